The second kappa shape index (κ2) is 4.58. The lowest BCUT2D eigenvalue weighted by molar-refractivity contribution is -0.123. The topological polar surface area (TPSA) is 50.4 Å². The highest BCUT2D eigenvalue weighted by atomic mass is 16.5. The van der Waals surface area contributed by atoms with Crippen molar-refractivity contribution in [3.8, 4) is 0 Å². The molecule has 0 aliphatic carbocycles. The largest absolute Gasteiger partial charge is 0.371 e. The summed E-state index contributed by atoms with van der Waals surface area (Å²) < 4.78 is 5.58. The lowest BCUT2D eigenvalue weighted by atomic mass is 10.1. The number of amides is 1. The molecule has 1 fully saturated rings. The average Bonchev–Trinajstić information content (AvgIpc) is 2.15. The van der Waals surface area contributed by atoms with Crippen LogP contribution in [0.3, 0.4) is 0 Å². The fourth-order valence-corrected chi connectivity index (χ4v) is 1.30. The van der Waals surface area contributed by atoms with E-state index in [2.05, 4.69) is 10.6 Å². The van der Waals surface area contributed by atoms with Crippen LogP contribution in [0.15, 0.2) is 0 Å². The molecule has 13 heavy (non-hydrogen) atoms. The third-order valence-corrected chi connectivity index (χ3v) is 2.21. The maximum absolute atomic E-state index is 11.0. The molecule has 0 radical (unpaired) electrons. The number of carbonyl (C=O) groups excluding carboxylic acids is 1. The Bertz CT molecular complexity index is 176. The first-order valence-corrected chi connectivity index (χ1v) is 4.78. The van der Waals surface area contributed by atoms with Gasteiger partial charge in [0.1, 0.15) is 0 Å². The molecule has 1 atom stereocenters. The van der Waals surface area contributed by atoms with Gasteiger partial charge in [0.15, 0.2) is 0 Å². The standard InChI is InChI=1S/C9H18N2O2/c1-3-8(12)11-7-9(2)6-10-4-5-13-9/h10H,3-7H2,1-2H3,(H,11,12). The molecule has 4 heteroatoms. The first-order chi connectivity index (χ1) is 6.16. The molecular formula is C9H18N2O2. The maximum Gasteiger partial charge on any atom is 0.219 e. The second-order valence-corrected chi connectivity index (χ2v) is 3.61. The summed E-state index contributed by atoms with van der Waals surface area (Å²) in [6, 6.07) is 0. The quantitative estimate of drug-likeness (QED) is 0.646. The third kappa shape index (κ3) is 3.32. The van der Waals surface area contributed by atoms with Gasteiger partial charge in [0.2, 0.25) is 5.91 Å². The molecule has 0 saturated carbocycles. The van der Waals surface area contributed by atoms with Crippen molar-refractivity contribution in [2.75, 3.05) is 26.2 Å². The predicted molar refractivity (Wildman–Crippen MR) is 50.5 cm³/mol. The fourth-order valence-electron chi connectivity index (χ4n) is 1.30. The third-order valence-electron chi connectivity index (χ3n) is 2.21. The van der Waals surface area contributed by atoms with Gasteiger partial charge in [-0.2, -0.15) is 0 Å². The number of hydrogen-bond acceptors (Lipinski definition) is 3. The highest BCUT2D eigenvalue weighted by Gasteiger charge is 2.27. The van der Waals surface area contributed by atoms with Crippen molar-refractivity contribution in [1.29, 1.82) is 0 Å². The van der Waals surface area contributed by atoms with E-state index in [1.807, 2.05) is 13.8 Å². The fraction of sp³-hybridized carbons (Fsp3) is 0.889. The van der Waals surface area contributed by atoms with E-state index in [9.17, 15) is 4.79 Å². The SMILES string of the molecule is CCC(=O)NCC1(C)CNCCO1. The average molecular weight is 186 g/mol. The molecule has 1 aliphatic heterocycles. The smallest absolute Gasteiger partial charge is 0.219 e. The van der Waals surface area contributed by atoms with E-state index >= 15 is 0 Å². The van der Waals surface area contributed by atoms with Crippen molar-refractivity contribution in [3.63, 3.8) is 0 Å². The van der Waals surface area contributed by atoms with Crippen LogP contribution < -0.4 is 10.6 Å². The van der Waals surface area contributed by atoms with E-state index in [1.54, 1.807) is 0 Å². The molecule has 0 aromatic carbocycles. The summed E-state index contributed by atoms with van der Waals surface area (Å²) in [4.78, 5) is 11.0. The van der Waals surface area contributed by atoms with Crippen LogP contribution in [0.25, 0.3) is 0 Å². The maximum atomic E-state index is 11.0. The van der Waals surface area contributed by atoms with Gasteiger partial charge in [0, 0.05) is 26.1 Å². The second-order valence-electron chi connectivity index (χ2n) is 3.61. The van der Waals surface area contributed by atoms with Crippen LogP contribution in [-0.4, -0.2) is 37.7 Å². The van der Waals surface area contributed by atoms with E-state index in [-0.39, 0.29) is 11.5 Å². The molecule has 76 valence electrons. The molecule has 1 unspecified atom stereocenters. The zero-order valence-corrected chi connectivity index (χ0v) is 8.35. The molecular weight excluding hydrogens is 168 g/mol. The number of carbonyl (C=O) groups is 1. The molecule has 1 rings (SSSR count). The van der Waals surface area contributed by atoms with Gasteiger partial charge in [0.25, 0.3) is 0 Å². The van der Waals surface area contributed by atoms with E-state index in [0.717, 1.165) is 19.7 Å². The van der Waals surface area contributed by atoms with Crippen molar-refractivity contribution in [2.45, 2.75) is 25.9 Å². The molecule has 0 aromatic heterocycles. The van der Waals surface area contributed by atoms with Gasteiger partial charge >= 0.3 is 0 Å². The highest BCUT2D eigenvalue weighted by Crippen LogP contribution is 2.10. The van der Waals surface area contributed by atoms with Crippen molar-refractivity contribution in [3.05, 3.63) is 0 Å². The Morgan fingerprint density at radius 3 is 3.00 bits per heavy atom. The predicted octanol–water partition coefficient (Wildman–Crippen LogP) is -0.109. The van der Waals surface area contributed by atoms with Gasteiger partial charge in [-0.15, -0.1) is 0 Å². The van der Waals surface area contributed by atoms with Gasteiger partial charge < -0.3 is 15.4 Å². The Morgan fingerprint density at radius 2 is 2.46 bits per heavy atom. The van der Waals surface area contributed by atoms with Gasteiger partial charge in [-0.1, -0.05) is 6.92 Å². The minimum absolute atomic E-state index is 0.0791. The van der Waals surface area contributed by atoms with Crippen molar-refractivity contribution >= 4 is 5.91 Å². The van der Waals surface area contributed by atoms with Gasteiger partial charge in [-0.05, 0) is 6.92 Å². The summed E-state index contributed by atoms with van der Waals surface area (Å²) in [7, 11) is 0. The number of morpholine rings is 1. The van der Waals surface area contributed by atoms with Crippen LogP contribution >= 0.6 is 0 Å². The Morgan fingerprint density at radius 1 is 1.69 bits per heavy atom. The zero-order chi connectivity index (χ0) is 9.73. The summed E-state index contributed by atoms with van der Waals surface area (Å²) in [6.07, 6.45) is 0.531. The van der Waals surface area contributed by atoms with Crippen LogP contribution in [0, 0.1) is 0 Å². The lowest BCUT2D eigenvalue weighted by Crippen LogP contribution is -2.54. The molecule has 4 nitrogen and oxygen atoms in total. The van der Waals surface area contributed by atoms with Gasteiger partial charge in [-0.25, -0.2) is 0 Å². The molecule has 1 saturated heterocycles. The minimum Gasteiger partial charge on any atom is -0.371 e. The van der Waals surface area contributed by atoms with Crippen LogP contribution in [0.2, 0.25) is 0 Å². The van der Waals surface area contributed by atoms with E-state index in [4.69, 9.17) is 4.74 Å². The van der Waals surface area contributed by atoms with Crippen LogP contribution in [0.5, 0.6) is 0 Å². The molecule has 1 heterocycles. The van der Waals surface area contributed by atoms with E-state index in [0.29, 0.717) is 13.0 Å². The van der Waals surface area contributed by atoms with Gasteiger partial charge in [0.05, 0.1) is 12.2 Å². The Hall–Kier alpha value is -0.610. The van der Waals surface area contributed by atoms with Crippen LogP contribution in [0.1, 0.15) is 20.3 Å². The molecule has 0 bridgehead atoms. The summed E-state index contributed by atoms with van der Waals surface area (Å²) >= 11 is 0. The van der Waals surface area contributed by atoms with E-state index < -0.39 is 0 Å². The monoisotopic (exact) mass is 186 g/mol. The lowest BCUT2D eigenvalue weighted by Gasteiger charge is -2.34. The Balaban J connectivity index is 2.28. The molecule has 1 aliphatic rings. The molecule has 0 spiro atoms. The van der Waals surface area contributed by atoms with E-state index in [1.165, 1.54) is 0 Å². The Kier molecular flexibility index (Phi) is 3.69. The summed E-state index contributed by atoms with van der Waals surface area (Å²) in [6.45, 7) is 6.87. The molecule has 0 aromatic rings. The number of ether oxygens (including phenoxy) is 1. The summed E-state index contributed by atoms with van der Waals surface area (Å²) in [5.74, 6) is 0.0791. The summed E-state index contributed by atoms with van der Waals surface area (Å²) in [5, 5.41) is 6.08. The number of hydrogen-bond donors (Lipinski definition) is 2. The molecule has 2 N–H and O–H groups in total. The number of rotatable bonds is 3. The zero-order valence-electron chi connectivity index (χ0n) is 8.35. The van der Waals surface area contributed by atoms with Crippen LogP contribution in [-0.2, 0) is 9.53 Å². The highest BCUT2D eigenvalue weighted by molar-refractivity contribution is 5.75. The van der Waals surface area contributed by atoms with Crippen molar-refractivity contribution in [2.24, 2.45) is 0 Å². The summed E-state index contributed by atoms with van der Waals surface area (Å²) in [5.41, 5.74) is -0.233. The minimum atomic E-state index is -0.233. The normalized spacial score (nSPS) is 28.5. The number of nitrogens with one attached hydrogen (secondary N) is 2. The Labute approximate surface area is 79.0 Å². The van der Waals surface area contributed by atoms with Crippen molar-refractivity contribution < 1.29 is 9.53 Å². The molecule has 1 amide bonds. The first-order valence-electron chi connectivity index (χ1n) is 4.78. The van der Waals surface area contributed by atoms with Gasteiger partial charge in [-0.3, -0.25) is 4.79 Å². The van der Waals surface area contributed by atoms with Crippen molar-refractivity contribution in [1.82, 2.24) is 10.6 Å². The first kappa shape index (κ1) is 10.5. The van der Waals surface area contributed by atoms with Crippen LogP contribution in [0.4, 0.5) is 0 Å².